The molecule has 1 aromatic rings. The maximum Gasteiger partial charge on any atom is 0.260 e. The second kappa shape index (κ2) is 6.28. The number of aliphatic hydroxyl groups is 1. The van der Waals surface area contributed by atoms with Crippen molar-refractivity contribution < 1.29 is 18.3 Å². The molecule has 0 radical (unpaired) electrons. The monoisotopic (exact) mass is 277 g/mol. The van der Waals surface area contributed by atoms with Gasteiger partial charge >= 0.3 is 0 Å². The highest BCUT2D eigenvalue weighted by atomic mass is 32.2. The van der Waals surface area contributed by atoms with Crippen molar-refractivity contribution in [2.75, 3.05) is 20.3 Å². The number of rotatable bonds is 7. The summed E-state index contributed by atoms with van der Waals surface area (Å²) in [6.07, 6.45) is 1.47. The van der Waals surface area contributed by atoms with Gasteiger partial charge in [0.15, 0.2) is 5.03 Å². The van der Waals surface area contributed by atoms with Gasteiger partial charge in [0.05, 0.1) is 19.3 Å². The molecule has 18 heavy (non-hydrogen) atoms. The molecule has 0 bridgehead atoms. The number of hydrogen-bond acceptors (Lipinski definition) is 5. The quantitative estimate of drug-likeness (QED) is 0.700. The molecule has 0 saturated carbocycles. The lowest BCUT2D eigenvalue weighted by Crippen LogP contribution is -2.40. The van der Waals surface area contributed by atoms with E-state index in [1.165, 1.54) is 13.3 Å². The number of ether oxygens (including phenoxy) is 1. The molecule has 1 rings (SSSR count). The van der Waals surface area contributed by atoms with E-state index in [0.717, 1.165) is 0 Å². The van der Waals surface area contributed by atoms with Crippen molar-refractivity contribution in [2.45, 2.75) is 31.5 Å². The van der Waals surface area contributed by atoms with E-state index in [0.29, 0.717) is 12.4 Å². The Kier molecular flexibility index (Phi) is 5.27. The molecule has 1 unspecified atom stereocenters. The topological polar surface area (TPSA) is 93.5 Å². The molecule has 1 aromatic heterocycles. The van der Waals surface area contributed by atoms with Gasteiger partial charge in [0.1, 0.15) is 5.82 Å². The molecule has 0 aliphatic rings. The van der Waals surface area contributed by atoms with Gasteiger partial charge in [0, 0.05) is 19.9 Å². The second-order valence-electron chi connectivity index (χ2n) is 3.87. The highest BCUT2D eigenvalue weighted by Crippen LogP contribution is 2.09. The van der Waals surface area contributed by atoms with Gasteiger partial charge in [0.2, 0.25) is 0 Å². The summed E-state index contributed by atoms with van der Waals surface area (Å²) in [4.78, 5) is 3.99. The summed E-state index contributed by atoms with van der Waals surface area (Å²) in [5, 5.41) is 9.00. The number of aromatic nitrogens is 2. The zero-order valence-electron chi connectivity index (χ0n) is 10.8. The van der Waals surface area contributed by atoms with Crippen molar-refractivity contribution >= 4 is 10.0 Å². The van der Waals surface area contributed by atoms with Gasteiger partial charge in [-0.3, -0.25) is 0 Å². The predicted molar refractivity (Wildman–Crippen MR) is 65.7 cm³/mol. The van der Waals surface area contributed by atoms with Gasteiger partial charge in [-0.1, -0.05) is 0 Å². The normalized spacial score (nSPS) is 13.8. The van der Waals surface area contributed by atoms with Crippen molar-refractivity contribution in [1.29, 1.82) is 0 Å². The zero-order valence-corrected chi connectivity index (χ0v) is 11.6. The summed E-state index contributed by atoms with van der Waals surface area (Å²) in [6, 6.07) is -0.674. The third-order valence-electron chi connectivity index (χ3n) is 2.48. The minimum absolute atomic E-state index is 0.0450. The molecule has 0 saturated heterocycles. The van der Waals surface area contributed by atoms with E-state index in [4.69, 9.17) is 9.84 Å². The minimum atomic E-state index is -3.73. The Balaban J connectivity index is 2.91. The van der Waals surface area contributed by atoms with Crippen LogP contribution in [0.5, 0.6) is 0 Å². The van der Waals surface area contributed by atoms with Gasteiger partial charge in [-0.25, -0.2) is 18.1 Å². The lowest BCUT2D eigenvalue weighted by molar-refractivity contribution is 0.139. The van der Waals surface area contributed by atoms with Crippen LogP contribution < -0.4 is 4.72 Å². The number of aliphatic hydroxyl groups excluding tert-OH is 1. The average Bonchev–Trinajstić information content (AvgIpc) is 2.70. The van der Waals surface area contributed by atoms with E-state index in [-0.39, 0.29) is 18.2 Å². The van der Waals surface area contributed by atoms with Crippen LogP contribution in [0.4, 0.5) is 0 Å². The molecule has 0 aliphatic carbocycles. The molecule has 8 heteroatoms. The van der Waals surface area contributed by atoms with E-state index in [1.54, 1.807) is 11.5 Å². The summed E-state index contributed by atoms with van der Waals surface area (Å²) in [5.74, 6) is 0.630. The Morgan fingerprint density at radius 2 is 2.28 bits per heavy atom. The van der Waals surface area contributed by atoms with Crippen molar-refractivity contribution in [3.63, 3.8) is 0 Å². The number of hydrogen-bond donors (Lipinski definition) is 2. The van der Waals surface area contributed by atoms with Gasteiger partial charge in [-0.2, -0.15) is 0 Å². The van der Waals surface area contributed by atoms with Crippen molar-refractivity contribution in [2.24, 2.45) is 0 Å². The largest absolute Gasteiger partial charge is 0.395 e. The maximum atomic E-state index is 12.0. The first-order chi connectivity index (χ1) is 8.44. The van der Waals surface area contributed by atoms with Gasteiger partial charge in [-0.05, 0) is 13.8 Å². The fourth-order valence-electron chi connectivity index (χ4n) is 1.53. The lowest BCUT2D eigenvalue weighted by Gasteiger charge is -2.13. The minimum Gasteiger partial charge on any atom is -0.395 e. The molecule has 104 valence electrons. The summed E-state index contributed by atoms with van der Waals surface area (Å²) in [5.41, 5.74) is 0. The lowest BCUT2D eigenvalue weighted by atomic mass is 10.4. The first kappa shape index (κ1) is 15.1. The van der Waals surface area contributed by atoms with Crippen molar-refractivity contribution in [1.82, 2.24) is 14.3 Å². The first-order valence-electron chi connectivity index (χ1n) is 5.60. The van der Waals surface area contributed by atoms with Crippen LogP contribution in [0.15, 0.2) is 11.2 Å². The van der Waals surface area contributed by atoms with Gasteiger partial charge in [0.25, 0.3) is 10.0 Å². The fraction of sp³-hybridized carbons (Fsp3) is 0.700. The Morgan fingerprint density at radius 1 is 1.61 bits per heavy atom. The molecule has 2 N–H and O–H groups in total. The molecule has 0 aromatic carbocycles. The van der Waals surface area contributed by atoms with Crippen molar-refractivity contribution in [3.8, 4) is 0 Å². The summed E-state index contributed by atoms with van der Waals surface area (Å²) < 4.78 is 32.9. The van der Waals surface area contributed by atoms with E-state index in [1.807, 2.05) is 6.92 Å². The van der Waals surface area contributed by atoms with Crippen LogP contribution >= 0.6 is 0 Å². The molecule has 0 aliphatic heterocycles. The maximum absolute atomic E-state index is 12.0. The smallest absolute Gasteiger partial charge is 0.260 e. The zero-order chi connectivity index (χ0) is 13.8. The molecular formula is C10H19N3O4S. The van der Waals surface area contributed by atoms with Crippen LogP contribution in [0.2, 0.25) is 0 Å². The van der Waals surface area contributed by atoms with Crippen LogP contribution in [0.1, 0.15) is 12.7 Å². The van der Waals surface area contributed by atoms with Crippen LogP contribution in [-0.2, 0) is 21.3 Å². The number of aryl methyl sites for hydroxylation is 2. The summed E-state index contributed by atoms with van der Waals surface area (Å²) >= 11 is 0. The number of methoxy groups -OCH3 is 1. The molecule has 1 heterocycles. The molecule has 1 atom stereocenters. The Labute approximate surface area is 107 Å². The molecule has 0 spiro atoms. The Morgan fingerprint density at radius 3 is 2.72 bits per heavy atom. The summed E-state index contributed by atoms with van der Waals surface area (Å²) in [6.45, 7) is 4.06. The first-order valence-corrected chi connectivity index (χ1v) is 7.08. The average molecular weight is 277 g/mol. The standard InChI is InChI=1S/C10H19N3O4S/c1-4-13-5-10(11-8(13)2)18(15,16)12-9(6-14)7-17-3/h5,9,12,14H,4,6-7H2,1-3H3. The number of nitrogens with zero attached hydrogens (tertiary/aromatic N) is 2. The molecule has 0 fully saturated rings. The fourth-order valence-corrected chi connectivity index (χ4v) is 2.75. The summed E-state index contributed by atoms with van der Waals surface area (Å²) in [7, 11) is -2.29. The second-order valence-corrected chi connectivity index (χ2v) is 5.53. The Bertz CT molecular complexity index is 483. The number of sulfonamides is 1. The predicted octanol–water partition coefficient (Wildman–Crippen LogP) is -0.503. The van der Waals surface area contributed by atoms with Crippen molar-refractivity contribution in [3.05, 3.63) is 12.0 Å². The van der Waals surface area contributed by atoms with Crippen LogP contribution in [-0.4, -0.2) is 49.4 Å². The SMILES string of the molecule is CCn1cc(S(=O)(=O)NC(CO)COC)nc1C. The van der Waals surface area contributed by atoms with Gasteiger partial charge in [-0.15, -0.1) is 0 Å². The molecule has 0 amide bonds. The highest BCUT2D eigenvalue weighted by Gasteiger charge is 2.22. The van der Waals surface area contributed by atoms with Crippen LogP contribution in [0.3, 0.4) is 0 Å². The van der Waals surface area contributed by atoms with Crippen LogP contribution in [0.25, 0.3) is 0 Å². The molecule has 7 nitrogen and oxygen atoms in total. The van der Waals surface area contributed by atoms with E-state index < -0.39 is 16.1 Å². The highest BCUT2D eigenvalue weighted by molar-refractivity contribution is 7.89. The van der Waals surface area contributed by atoms with E-state index in [2.05, 4.69) is 9.71 Å². The van der Waals surface area contributed by atoms with E-state index >= 15 is 0 Å². The third kappa shape index (κ3) is 3.52. The Hall–Kier alpha value is -0.960. The van der Waals surface area contributed by atoms with E-state index in [9.17, 15) is 8.42 Å². The number of nitrogens with one attached hydrogen (secondary N) is 1. The molecular weight excluding hydrogens is 258 g/mol. The van der Waals surface area contributed by atoms with Crippen LogP contribution in [0, 0.1) is 6.92 Å². The van der Waals surface area contributed by atoms with Gasteiger partial charge < -0.3 is 14.4 Å². The third-order valence-corrected chi connectivity index (χ3v) is 3.87. The number of imidazole rings is 1.